The molecule has 0 atom stereocenters. The predicted octanol–water partition coefficient (Wildman–Crippen LogP) is 15.9. The summed E-state index contributed by atoms with van der Waals surface area (Å²) in [6.07, 6.45) is -4.59. The highest BCUT2D eigenvalue weighted by Gasteiger charge is 2.31. The summed E-state index contributed by atoms with van der Waals surface area (Å²) in [5.41, 5.74) is 11.8. The maximum Gasteiger partial charge on any atom is 0.416 e. The Labute approximate surface area is 388 Å². The molecule has 8 aromatic carbocycles. The van der Waals surface area contributed by atoms with Crippen molar-refractivity contribution in [3.63, 3.8) is 0 Å². The molecule has 0 aliphatic heterocycles. The highest BCUT2D eigenvalue weighted by atomic mass is 19.4. The first kappa shape index (κ1) is 40.4. The van der Waals surface area contributed by atoms with E-state index in [1.54, 1.807) is 6.07 Å². The molecule has 0 saturated carbocycles. The number of aromatic nitrogens is 4. The third kappa shape index (κ3) is 6.88. The number of halogens is 3. The summed E-state index contributed by atoms with van der Waals surface area (Å²) in [6, 6.07) is 72.0. The second kappa shape index (κ2) is 16.1. The van der Waals surface area contributed by atoms with Crippen LogP contribution < -0.4 is 0 Å². The topological polar surface area (TPSA) is 59.4 Å². The smallest absolute Gasteiger partial charge is 0.309 e. The molecular formula is C60H36F3N5. The highest BCUT2D eigenvalue weighted by molar-refractivity contribution is 6.12. The maximum absolute atomic E-state index is 14.6. The van der Waals surface area contributed by atoms with Crippen LogP contribution >= 0.6 is 0 Å². The molecular weight excluding hydrogens is 848 g/mol. The predicted molar refractivity (Wildman–Crippen MR) is 268 cm³/mol. The average molecular weight is 884 g/mol. The Kier molecular flexibility index (Phi) is 9.59. The van der Waals surface area contributed by atoms with E-state index in [1.807, 2.05) is 152 Å². The van der Waals surface area contributed by atoms with Gasteiger partial charge in [-0.1, -0.05) is 146 Å². The van der Waals surface area contributed by atoms with Crippen LogP contribution in [0, 0.1) is 11.3 Å². The minimum absolute atomic E-state index is 0.340. The van der Waals surface area contributed by atoms with Gasteiger partial charge in [0.15, 0.2) is 0 Å². The Hall–Kier alpha value is -9.06. The molecule has 0 bridgehead atoms. The molecule has 68 heavy (non-hydrogen) atoms. The largest absolute Gasteiger partial charge is 0.416 e. The van der Waals surface area contributed by atoms with E-state index in [1.165, 1.54) is 12.1 Å². The minimum Gasteiger partial charge on any atom is -0.309 e. The lowest BCUT2D eigenvalue weighted by molar-refractivity contribution is -0.137. The van der Waals surface area contributed by atoms with Crippen LogP contribution in [-0.2, 0) is 6.18 Å². The van der Waals surface area contributed by atoms with Gasteiger partial charge in [0.05, 0.1) is 67.3 Å². The molecule has 0 aliphatic rings. The number of nitrogens with zero attached hydrogens (tertiary/aromatic N) is 5. The number of pyridine rings is 2. The summed E-state index contributed by atoms with van der Waals surface area (Å²) in [5, 5.41) is 15.1. The molecule has 5 nitrogen and oxygen atoms in total. The van der Waals surface area contributed by atoms with E-state index in [2.05, 4.69) is 57.7 Å². The van der Waals surface area contributed by atoms with E-state index in [9.17, 15) is 18.4 Å². The van der Waals surface area contributed by atoms with Gasteiger partial charge in [0.2, 0.25) is 0 Å². The Bertz CT molecular complexity index is 3970. The lowest BCUT2D eigenvalue weighted by atomic mass is 9.97. The second-order valence-electron chi connectivity index (χ2n) is 16.8. The van der Waals surface area contributed by atoms with Crippen LogP contribution in [0.15, 0.2) is 218 Å². The quantitative estimate of drug-likeness (QED) is 0.160. The fourth-order valence-electron chi connectivity index (χ4n) is 9.64. The monoisotopic (exact) mass is 883 g/mol. The average Bonchev–Trinajstić information content (AvgIpc) is 3.90. The van der Waals surface area contributed by atoms with Crippen LogP contribution in [-0.4, -0.2) is 19.1 Å². The van der Waals surface area contributed by atoms with Gasteiger partial charge in [0, 0.05) is 49.4 Å². The molecule has 0 saturated heterocycles. The van der Waals surface area contributed by atoms with E-state index in [0.717, 1.165) is 94.7 Å². The lowest BCUT2D eigenvalue weighted by Gasteiger charge is -2.20. The lowest BCUT2D eigenvalue weighted by Crippen LogP contribution is -2.06. The molecule has 0 unspecified atom stereocenters. The van der Waals surface area contributed by atoms with Gasteiger partial charge in [-0.3, -0.25) is 0 Å². The molecule has 0 radical (unpaired) electrons. The van der Waals surface area contributed by atoms with Crippen molar-refractivity contribution in [1.82, 2.24) is 19.1 Å². The third-order valence-electron chi connectivity index (χ3n) is 12.8. The number of rotatable bonds is 7. The zero-order valence-corrected chi connectivity index (χ0v) is 36.2. The van der Waals surface area contributed by atoms with E-state index in [4.69, 9.17) is 9.97 Å². The van der Waals surface area contributed by atoms with Crippen molar-refractivity contribution in [1.29, 1.82) is 5.26 Å². The zero-order chi connectivity index (χ0) is 45.9. The molecule has 12 rings (SSSR count). The Morgan fingerprint density at radius 3 is 1.32 bits per heavy atom. The van der Waals surface area contributed by atoms with E-state index in [0.29, 0.717) is 28.1 Å². The summed E-state index contributed by atoms with van der Waals surface area (Å²) < 4.78 is 48.0. The van der Waals surface area contributed by atoms with E-state index >= 15 is 0 Å². The van der Waals surface area contributed by atoms with Gasteiger partial charge in [-0.05, 0) is 78.4 Å². The number of hydrogen-bond acceptors (Lipinski definition) is 3. The molecule has 322 valence electrons. The molecule has 0 spiro atoms. The van der Waals surface area contributed by atoms with Crippen LogP contribution in [0.4, 0.5) is 13.2 Å². The van der Waals surface area contributed by atoms with Crippen LogP contribution in [0.5, 0.6) is 0 Å². The van der Waals surface area contributed by atoms with Crippen molar-refractivity contribution in [2.24, 2.45) is 0 Å². The van der Waals surface area contributed by atoms with Gasteiger partial charge in [-0.2, -0.15) is 18.4 Å². The maximum atomic E-state index is 14.6. The van der Waals surface area contributed by atoms with Crippen molar-refractivity contribution in [2.45, 2.75) is 6.18 Å². The number of fused-ring (bicyclic) bond motifs is 6. The summed E-state index contributed by atoms with van der Waals surface area (Å²) >= 11 is 0. The third-order valence-corrected chi connectivity index (χ3v) is 12.8. The molecule has 0 aliphatic carbocycles. The normalized spacial score (nSPS) is 11.7. The standard InChI is InChI=1S/C60H36F3N5/c61-60(62,63)44-19-11-18-40(32-44)49-36-56(67-54-26-9-7-20-45(54)47-30-28-41(33-57(47)67)52-24-12-22-50(65-52)38-14-3-1-4-15-38)43(37-64)35-59(49)68-55-27-10-8-21-46(55)48-31-29-42(34-58(48)68)53-25-13-23-51(66-53)39-16-5-2-6-17-39/h1-36H. The van der Waals surface area contributed by atoms with Crippen LogP contribution in [0.25, 0.3) is 111 Å². The molecule has 4 heterocycles. The van der Waals surface area contributed by atoms with E-state index < -0.39 is 11.7 Å². The number of nitriles is 1. The summed E-state index contributed by atoms with van der Waals surface area (Å²) in [6.45, 7) is 0. The van der Waals surface area contributed by atoms with Crippen molar-refractivity contribution in [3.05, 3.63) is 230 Å². The Morgan fingerprint density at radius 2 is 0.809 bits per heavy atom. The van der Waals surface area contributed by atoms with Gasteiger partial charge >= 0.3 is 6.18 Å². The number of alkyl halides is 3. The van der Waals surface area contributed by atoms with Gasteiger partial charge in [0.1, 0.15) is 6.07 Å². The van der Waals surface area contributed by atoms with Crippen molar-refractivity contribution >= 4 is 43.6 Å². The molecule has 0 amide bonds. The first-order valence-corrected chi connectivity index (χ1v) is 22.2. The zero-order valence-electron chi connectivity index (χ0n) is 36.2. The van der Waals surface area contributed by atoms with Gasteiger partial charge < -0.3 is 9.13 Å². The van der Waals surface area contributed by atoms with Crippen molar-refractivity contribution in [2.75, 3.05) is 0 Å². The van der Waals surface area contributed by atoms with Crippen LogP contribution in [0.1, 0.15) is 11.1 Å². The minimum atomic E-state index is -4.59. The first-order chi connectivity index (χ1) is 33.3. The Balaban J connectivity index is 1.12. The van der Waals surface area contributed by atoms with Crippen molar-refractivity contribution in [3.8, 4) is 73.6 Å². The second-order valence-corrected chi connectivity index (χ2v) is 16.8. The number of para-hydroxylation sites is 2. The van der Waals surface area contributed by atoms with Crippen LogP contribution in [0.2, 0.25) is 0 Å². The molecule has 0 N–H and O–H groups in total. The fourth-order valence-corrected chi connectivity index (χ4v) is 9.64. The number of hydrogen-bond donors (Lipinski definition) is 0. The van der Waals surface area contributed by atoms with Crippen LogP contribution in [0.3, 0.4) is 0 Å². The van der Waals surface area contributed by atoms with E-state index in [-0.39, 0.29) is 0 Å². The summed E-state index contributed by atoms with van der Waals surface area (Å²) in [7, 11) is 0. The van der Waals surface area contributed by atoms with Gasteiger partial charge in [-0.25, -0.2) is 9.97 Å². The van der Waals surface area contributed by atoms with Gasteiger partial charge in [-0.15, -0.1) is 0 Å². The molecule has 4 aromatic heterocycles. The highest BCUT2D eigenvalue weighted by Crippen LogP contribution is 2.43. The Morgan fingerprint density at radius 1 is 0.368 bits per heavy atom. The molecule has 12 aromatic rings. The number of benzene rings is 8. The fraction of sp³-hybridized carbons (Fsp3) is 0.0167. The summed E-state index contributed by atoms with van der Waals surface area (Å²) in [4.78, 5) is 10.1. The molecule has 0 fully saturated rings. The molecule has 8 heteroatoms. The van der Waals surface area contributed by atoms with Crippen molar-refractivity contribution < 1.29 is 13.2 Å². The first-order valence-electron chi connectivity index (χ1n) is 22.2. The summed E-state index contributed by atoms with van der Waals surface area (Å²) in [5.74, 6) is 0. The van der Waals surface area contributed by atoms with Gasteiger partial charge in [0.25, 0.3) is 0 Å². The SMILES string of the molecule is N#Cc1cc(-n2c3ccccc3c3ccc(-c4cccc(-c5ccccc5)n4)cc32)c(-c2cccc(C(F)(F)F)c2)cc1-n1c2ccccc2c2ccc(-c3cccc(-c4ccccc4)n3)cc21.